The molecule has 2 rings (SSSR count). The first-order valence-electron chi connectivity index (χ1n) is 6.59. The van der Waals surface area contributed by atoms with Gasteiger partial charge in [-0.15, -0.1) is 0 Å². The van der Waals surface area contributed by atoms with Gasteiger partial charge in [0.25, 0.3) is 0 Å². The van der Waals surface area contributed by atoms with Crippen LogP contribution in [0.15, 0.2) is 0 Å². The van der Waals surface area contributed by atoms with E-state index in [1.165, 1.54) is 19.3 Å². The van der Waals surface area contributed by atoms with Gasteiger partial charge in [0.15, 0.2) is 0 Å². The zero-order valence-electron chi connectivity index (χ0n) is 10.5. The molecule has 0 heterocycles. The normalized spacial score (nSPS) is 33.4. The molecular formula is C13H24N2O. The predicted molar refractivity (Wildman–Crippen MR) is 64.8 cm³/mol. The molecule has 0 bridgehead atoms. The SMILES string of the molecule is CC1CCCC1CNC(=O)C(C)(N)C1CC1. The summed E-state index contributed by atoms with van der Waals surface area (Å²) in [6, 6.07) is 0. The van der Waals surface area contributed by atoms with Crippen LogP contribution in [0.1, 0.15) is 46.0 Å². The molecule has 3 nitrogen and oxygen atoms in total. The van der Waals surface area contributed by atoms with E-state index in [0.717, 1.165) is 25.3 Å². The zero-order chi connectivity index (χ0) is 11.8. The van der Waals surface area contributed by atoms with E-state index in [1.807, 2.05) is 6.92 Å². The van der Waals surface area contributed by atoms with Gasteiger partial charge in [0, 0.05) is 6.54 Å². The van der Waals surface area contributed by atoms with Crippen molar-refractivity contribution >= 4 is 5.91 Å². The van der Waals surface area contributed by atoms with Crippen LogP contribution in [0.25, 0.3) is 0 Å². The zero-order valence-corrected chi connectivity index (χ0v) is 10.5. The van der Waals surface area contributed by atoms with Crippen molar-refractivity contribution in [1.82, 2.24) is 5.32 Å². The van der Waals surface area contributed by atoms with Crippen LogP contribution in [0.3, 0.4) is 0 Å². The summed E-state index contributed by atoms with van der Waals surface area (Å²) in [6.45, 7) is 4.98. The monoisotopic (exact) mass is 224 g/mol. The molecule has 3 unspecified atom stereocenters. The third-order valence-corrected chi connectivity index (χ3v) is 4.48. The molecule has 0 radical (unpaired) electrons. The van der Waals surface area contributed by atoms with E-state index in [1.54, 1.807) is 0 Å². The lowest BCUT2D eigenvalue weighted by Gasteiger charge is -2.25. The number of hydrogen-bond donors (Lipinski definition) is 2. The summed E-state index contributed by atoms with van der Waals surface area (Å²) in [7, 11) is 0. The van der Waals surface area contributed by atoms with Crippen molar-refractivity contribution in [3.05, 3.63) is 0 Å². The first-order chi connectivity index (χ1) is 7.51. The van der Waals surface area contributed by atoms with Crippen LogP contribution in [0.2, 0.25) is 0 Å². The molecule has 3 N–H and O–H groups in total. The molecule has 2 fully saturated rings. The molecule has 92 valence electrons. The van der Waals surface area contributed by atoms with Crippen molar-refractivity contribution in [1.29, 1.82) is 0 Å². The minimum atomic E-state index is -0.637. The van der Waals surface area contributed by atoms with Crippen molar-refractivity contribution in [3.8, 4) is 0 Å². The summed E-state index contributed by atoms with van der Waals surface area (Å²) in [5, 5.41) is 3.05. The van der Waals surface area contributed by atoms with Crippen LogP contribution in [-0.2, 0) is 4.79 Å². The second kappa shape index (κ2) is 4.36. The number of carbonyl (C=O) groups excluding carboxylic acids is 1. The maximum absolute atomic E-state index is 12.0. The second-order valence-electron chi connectivity index (χ2n) is 5.94. The average Bonchev–Trinajstić information content (AvgIpc) is 3.01. The maximum Gasteiger partial charge on any atom is 0.240 e. The lowest BCUT2D eigenvalue weighted by Crippen LogP contribution is -2.54. The van der Waals surface area contributed by atoms with Gasteiger partial charge in [0.2, 0.25) is 5.91 Å². The van der Waals surface area contributed by atoms with Gasteiger partial charge >= 0.3 is 0 Å². The first-order valence-corrected chi connectivity index (χ1v) is 6.59. The molecule has 0 aromatic heterocycles. The van der Waals surface area contributed by atoms with Crippen LogP contribution in [0.4, 0.5) is 0 Å². The summed E-state index contributed by atoms with van der Waals surface area (Å²) in [5.74, 6) is 1.88. The summed E-state index contributed by atoms with van der Waals surface area (Å²) in [5.41, 5.74) is 5.44. The molecule has 0 aromatic carbocycles. The Morgan fingerprint density at radius 2 is 2.06 bits per heavy atom. The van der Waals surface area contributed by atoms with E-state index in [-0.39, 0.29) is 5.91 Å². The fraction of sp³-hybridized carbons (Fsp3) is 0.923. The minimum Gasteiger partial charge on any atom is -0.354 e. The second-order valence-corrected chi connectivity index (χ2v) is 5.94. The number of nitrogens with one attached hydrogen (secondary N) is 1. The van der Waals surface area contributed by atoms with Gasteiger partial charge in [-0.05, 0) is 43.9 Å². The molecule has 0 saturated heterocycles. The molecule has 3 atom stereocenters. The number of nitrogens with two attached hydrogens (primary N) is 1. The van der Waals surface area contributed by atoms with Crippen molar-refractivity contribution in [2.24, 2.45) is 23.5 Å². The van der Waals surface area contributed by atoms with Gasteiger partial charge in [0.1, 0.15) is 0 Å². The van der Waals surface area contributed by atoms with Crippen molar-refractivity contribution in [3.63, 3.8) is 0 Å². The smallest absolute Gasteiger partial charge is 0.240 e. The van der Waals surface area contributed by atoms with Gasteiger partial charge < -0.3 is 11.1 Å². The Bertz CT molecular complexity index is 271. The Hall–Kier alpha value is -0.570. The minimum absolute atomic E-state index is 0.0501. The molecule has 1 amide bonds. The summed E-state index contributed by atoms with van der Waals surface area (Å²) >= 11 is 0. The Morgan fingerprint density at radius 1 is 1.38 bits per heavy atom. The topological polar surface area (TPSA) is 55.1 Å². The molecular weight excluding hydrogens is 200 g/mol. The highest BCUT2D eigenvalue weighted by atomic mass is 16.2. The number of rotatable bonds is 4. The van der Waals surface area contributed by atoms with Crippen molar-refractivity contribution in [2.45, 2.75) is 51.5 Å². The van der Waals surface area contributed by atoms with E-state index in [0.29, 0.717) is 11.8 Å². The third kappa shape index (κ3) is 2.40. The van der Waals surface area contributed by atoms with Crippen molar-refractivity contribution in [2.75, 3.05) is 6.54 Å². The number of hydrogen-bond acceptors (Lipinski definition) is 2. The molecule has 16 heavy (non-hydrogen) atoms. The highest BCUT2D eigenvalue weighted by molar-refractivity contribution is 5.86. The predicted octanol–water partition coefficient (Wildman–Crippen LogP) is 1.67. The highest BCUT2D eigenvalue weighted by Crippen LogP contribution is 2.38. The van der Waals surface area contributed by atoms with Gasteiger partial charge in [-0.1, -0.05) is 19.8 Å². The molecule has 0 spiro atoms. The Balaban J connectivity index is 1.78. The van der Waals surface area contributed by atoms with Crippen molar-refractivity contribution < 1.29 is 4.79 Å². The number of carbonyl (C=O) groups is 1. The Kier molecular flexibility index (Phi) is 3.24. The van der Waals surface area contributed by atoms with Crippen LogP contribution >= 0.6 is 0 Å². The molecule has 0 aromatic rings. The summed E-state index contributed by atoms with van der Waals surface area (Å²) < 4.78 is 0. The van der Waals surface area contributed by atoms with Crippen LogP contribution in [0.5, 0.6) is 0 Å². The summed E-state index contributed by atoms with van der Waals surface area (Å²) in [6.07, 6.45) is 6.10. The Labute approximate surface area is 98.2 Å². The van der Waals surface area contributed by atoms with Crippen LogP contribution in [-0.4, -0.2) is 18.0 Å². The molecule has 2 saturated carbocycles. The van der Waals surface area contributed by atoms with E-state index in [2.05, 4.69) is 12.2 Å². The van der Waals surface area contributed by atoms with E-state index >= 15 is 0 Å². The average molecular weight is 224 g/mol. The maximum atomic E-state index is 12.0. The first kappa shape index (κ1) is 11.9. The van der Waals surface area contributed by atoms with Crippen LogP contribution in [0, 0.1) is 17.8 Å². The Morgan fingerprint density at radius 3 is 2.56 bits per heavy atom. The fourth-order valence-electron chi connectivity index (χ4n) is 2.81. The van der Waals surface area contributed by atoms with Gasteiger partial charge in [-0.2, -0.15) is 0 Å². The van der Waals surface area contributed by atoms with Gasteiger partial charge in [0.05, 0.1) is 5.54 Å². The fourth-order valence-corrected chi connectivity index (χ4v) is 2.81. The largest absolute Gasteiger partial charge is 0.354 e. The van der Waals surface area contributed by atoms with Gasteiger partial charge in [-0.25, -0.2) is 0 Å². The molecule has 2 aliphatic carbocycles. The quantitative estimate of drug-likeness (QED) is 0.763. The summed E-state index contributed by atoms with van der Waals surface area (Å²) in [4.78, 5) is 12.0. The number of amides is 1. The van der Waals surface area contributed by atoms with Gasteiger partial charge in [-0.3, -0.25) is 4.79 Å². The lowest BCUT2D eigenvalue weighted by atomic mass is 9.94. The lowest BCUT2D eigenvalue weighted by molar-refractivity contribution is -0.126. The molecule has 2 aliphatic rings. The standard InChI is InChI=1S/C13H24N2O/c1-9-4-3-5-10(9)8-15-12(16)13(2,14)11-6-7-11/h9-11H,3-8,14H2,1-2H3,(H,15,16). The third-order valence-electron chi connectivity index (χ3n) is 4.48. The van der Waals surface area contributed by atoms with Crippen LogP contribution < -0.4 is 11.1 Å². The van der Waals surface area contributed by atoms with E-state index < -0.39 is 5.54 Å². The molecule has 3 heteroatoms. The van der Waals surface area contributed by atoms with E-state index in [9.17, 15) is 4.79 Å². The molecule has 0 aliphatic heterocycles. The van der Waals surface area contributed by atoms with E-state index in [4.69, 9.17) is 5.73 Å². The highest BCUT2D eigenvalue weighted by Gasteiger charge is 2.44.